The van der Waals surface area contributed by atoms with Gasteiger partial charge in [0.2, 0.25) is 0 Å². The lowest BCUT2D eigenvalue weighted by Gasteiger charge is -2.25. The standard InChI is InChI=1S/C14H22FNO/c1-4-10-16-14(11(3)17-5-2)12-8-6-7-9-13(12)15/h6-9,11,14,16H,4-5,10H2,1-3H3. The molecule has 0 fully saturated rings. The van der Waals surface area contributed by atoms with E-state index in [0.29, 0.717) is 12.2 Å². The molecule has 0 aliphatic carbocycles. The van der Waals surface area contributed by atoms with Gasteiger partial charge in [-0.15, -0.1) is 0 Å². The zero-order valence-electron chi connectivity index (χ0n) is 10.9. The van der Waals surface area contributed by atoms with Crippen molar-refractivity contribution in [2.24, 2.45) is 0 Å². The van der Waals surface area contributed by atoms with Crippen LogP contribution in [0.4, 0.5) is 4.39 Å². The molecular formula is C14H22FNO. The van der Waals surface area contributed by atoms with E-state index in [-0.39, 0.29) is 18.0 Å². The molecule has 0 aliphatic heterocycles. The quantitative estimate of drug-likeness (QED) is 0.788. The van der Waals surface area contributed by atoms with E-state index in [1.54, 1.807) is 6.07 Å². The van der Waals surface area contributed by atoms with Gasteiger partial charge in [0.1, 0.15) is 5.82 Å². The molecule has 2 nitrogen and oxygen atoms in total. The van der Waals surface area contributed by atoms with Gasteiger partial charge < -0.3 is 10.1 Å². The van der Waals surface area contributed by atoms with E-state index in [0.717, 1.165) is 13.0 Å². The zero-order chi connectivity index (χ0) is 12.7. The predicted molar refractivity (Wildman–Crippen MR) is 68.5 cm³/mol. The van der Waals surface area contributed by atoms with Gasteiger partial charge in [-0.25, -0.2) is 4.39 Å². The number of rotatable bonds is 7. The average Bonchev–Trinajstić information content (AvgIpc) is 2.32. The first-order valence-corrected chi connectivity index (χ1v) is 6.30. The van der Waals surface area contributed by atoms with Crippen molar-refractivity contribution >= 4 is 0 Å². The van der Waals surface area contributed by atoms with Crippen molar-refractivity contribution in [1.29, 1.82) is 0 Å². The van der Waals surface area contributed by atoms with E-state index in [1.807, 2.05) is 26.0 Å². The molecule has 0 saturated heterocycles. The van der Waals surface area contributed by atoms with Crippen molar-refractivity contribution in [3.05, 3.63) is 35.6 Å². The summed E-state index contributed by atoms with van der Waals surface area (Å²) in [5.41, 5.74) is 0.682. The summed E-state index contributed by atoms with van der Waals surface area (Å²) >= 11 is 0. The second-order valence-corrected chi connectivity index (χ2v) is 4.11. The topological polar surface area (TPSA) is 21.3 Å². The Labute approximate surface area is 103 Å². The van der Waals surface area contributed by atoms with E-state index >= 15 is 0 Å². The summed E-state index contributed by atoms with van der Waals surface area (Å²) < 4.78 is 19.4. The molecule has 2 atom stereocenters. The number of halogens is 1. The normalized spacial score (nSPS) is 14.6. The Balaban J connectivity index is 2.85. The van der Waals surface area contributed by atoms with Crippen LogP contribution in [-0.2, 0) is 4.74 Å². The first-order chi connectivity index (χ1) is 8.20. The molecule has 0 radical (unpaired) electrons. The Hall–Kier alpha value is -0.930. The summed E-state index contributed by atoms with van der Waals surface area (Å²) in [7, 11) is 0. The van der Waals surface area contributed by atoms with Gasteiger partial charge in [-0.3, -0.25) is 0 Å². The number of benzene rings is 1. The van der Waals surface area contributed by atoms with E-state index < -0.39 is 0 Å². The maximum Gasteiger partial charge on any atom is 0.128 e. The predicted octanol–water partition coefficient (Wildman–Crippen LogP) is 3.29. The van der Waals surface area contributed by atoms with Gasteiger partial charge in [0.25, 0.3) is 0 Å². The zero-order valence-corrected chi connectivity index (χ0v) is 10.9. The molecule has 1 aromatic carbocycles. The molecule has 0 saturated carbocycles. The minimum absolute atomic E-state index is 0.0385. The van der Waals surface area contributed by atoms with Crippen molar-refractivity contribution in [2.75, 3.05) is 13.2 Å². The van der Waals surface area contributed by atoms with Crippen LogP contribution in [0, 0.1) is 5.82 Å². The second kappa shape index (κ2) is 7.41. The molecule has 96 valence electrons. The van der Waals surface area contributed by atoms with Crippen molar-refractivity contribution in [1.82, 2.24) is 5.32 Å². The summed E-state index contributed by atoms with van der Waals surface area (Å²) in [6, 6.07) is 6.79. The monoisotopic (exact) mass is 239 g/mol. The Morgan fingerprint density at radius 3 is 2.59 bits per heavy atom. The molecule has 0 aliphatic rings. The summed E-state index contributed by atoms with van der Waals surface area (Å²) in [6.07, 6.45) is 0.979. The van der Waals surface area contributed by atoms with Crippen LogP contribution in [0.1, 0.15) is 38.8 Å². The highest BCUT2D eigenvalue weighted by Gasteiger charge is 2.21. The molecule has 0 amide bonds. The summed E-state index contributed by atoms with van der Waals surface area (Å²) in [6.45, 7) is 7.52. The third kappa shape index (κ3) is 4.10. The fraction of sp³-hybridized carbons (Fsp3) is 0.571. The van der Waals surface area contributed by atoms with E-state index in [9.17, 15) is 4.39 Å². The molecule has 1 rings (SSSR count). The SMILES string of the molecule is CCCNC(c1ccccc1F)C(C)OCC. The number of hydrogen-bond acceptors (Lipinski definition) is 2. The Morgan fingerprint density at radius 1 is 1.29 bits per heavy atom. The highest BCUT2D eigenvalue weighted by Crippen LogP contribution is 2.22. The van der Waals surface area contributed by atoms with Gasteiger partial charge in [0.05, 0.1) is 12.1 Å². The lowest BCUT2D eigenvalue weighted by atomic mass is 10.0. The minimum Gasteiger partial charge on any atom is -0.377 e. The van der Waals surface area contributed by atoms with Gasteiger partial charge in [0.15, 0.2) is 0 Å². The summed E-state index contributed by atoms with van der Waals surface area (Å²) in [4.78, 5) is 0. The number of ether oxygens (including phenoxy) is 1. The highest BCUT2D eigenvalue weighted by atomic mass is 19.1. The lowest BCUT2D eigenvalue weighted by molar-refractivity contribution is 0.0463. The number of nitrogens with one attached hydrogen (secondary N) is 1. The maximum atomic E-state index is 13.8. The van der Waals surface area contributed by atoms with Crippen molar-refractivity contribution in [3.8, 4) is 0 Å². The molecule has 3 heteroatoms. The van der Waals surface area contributed by atoms with E-state index in [1.165, 1.54) is 6.07 Å². The third-order valence-electron chi connectivity index (χ3n) is 2.75. The molecule has 0 spiro atoms. The van der Waals surface area contributed by atoms with Crippen LogP contribution in [0.15, 0.2) is 24.3 Å². The van der Waals surface area contributed by atoms with Crippen LogP contribution in [0.3, 0.4) is 0 Å². The first-order valence-electron chi connectivity index (χ1n) is 6.30. The Bertz CT molecular complexity index is 330. The van der Waals surface area contributed by atoms with Crippen LogP contribution in [0.25, 0.3) is 0 Å². The van der Waals surface area contributed by atoms with Crippen LogP contribution < -0.4 is 5.32 Å². The van der Waals surface area contributed by atoms with Gasteiger partial charge in [-0.1, -0.05) is 25.1 Å². The smallest absolute Gasteiger partial charge is 0.128 e. The molecule has 0 aromatic heterocycles. The van der Waals surface area contributed by atoms with Crippen molar-refractivity contribution in [2.45, 2.75) is 39.3 Å². The van der Waals surface area contributed by atoms with Gasteiger partial charge in [-0.05, 0) is 32.9 Å². The van der Waals surface area contributed by atoms with Crippen molar-refractivity contribution in [3.63, 3.8) is 0 Å². The molecule has 0 bridgehead atoms. The van der Waals surface area contributed by atoms with Gasteiger partial charge in [0, 0.05) is 12.2 Å². The number of hydrogen-bond donors (Lipinski definition) is 1. The van der Waals surface area contributed by atoms with Gasteiger partial charge in [-0.2, -0.15) is 0 Å². The van der Waals surface area contributed by atoms with Crippen LogP contribution in [-0.4, -0.2) is 19.3 Å². The molecule has 1 N–H and O–H groups in total. The summed E-state index contributed by atoms with van der Waals surface area (Å²) in [5.74, 6) is -0.173. The lowest BCUT2D eigenvalue weighted by Crippen LogP contribution is -2.33. The summed E-state index contributed by atoms with van der Waals surface area (Å²) in [5, 5.41) is 3.35. The first kappa shape index (κ1) is 14.1. The fourth-order valence-electron chi connectivity index (χ4n) is 1.92. The Kier molecular flexibility index (Phi) is 6.16. The highest BCUT2D eigenvalue weighted by molar-refractivity contribution is 5.22. The largest absolute Gasteiger partial charge is 0.377 e. The van der Waals surface area contributed by atoms with Crippen LogP contribution >= 0.6 is 0 Å². The molecule has 17 heavy (non-hydrogen) atoms. The average molecular weight is 239 g/mol. The molecule has 0 heterocycles. The minimum atomic E-state index is -0.173. The molecule has 2 unspecified atom stereocenters. The molecular weight excluding hydrogens is 217 g/mol. The van der Waals surface area contributed by atoms with E-state index in [4.69, 9.17) is 4.74 Å². The van der Waals surface area contributed by atoms with Crippen LogP contribution in [0.2, 0.25) is 0 Å². The maximum absolute atomic E-state index is 13.8. The Morgan fingerprint density at radius 2 is 2.00 bits per heavy atom. The van der Waals surface area contributed by atoms with Crippen molar-refractivity contribution < 1.29 is 9.13 Å². The third-order valence-corrected chi connectivity index (χ3v) is 2.75. The van der Waals surface area contributed by atoms with E-state index in [2.05, 4.69) is 12.2 Å². The fourth-order valence-corrected chi connectivity index (χ4v) is 1.92. The second-order valence-electron chi connectivity index (χ2n) is 4.11. The van der Waals surface area contributed by atoms with Crippen LogP contribution in [0.5, 0.6) is 0 Å². The van der Waals surface area contributed by atoms with Gasteiger partial charge >= 0.3 is 0 Å². The molecule has 1 aromatic rings.